The van der Waals surface area contributed by atoms with Gasteiger partial charge in [0.2, 0.25) is 11.8 Å². The topological polar surface area (TPSA) is 63.7 Å². The van der Waals surface area contributed by atoms with Crippen LogP contribution in [0.4, 0.5) is 10.1 Å². The summed E-state index contributed by atoms with van der Waals surface area (Å²) in [6.45, 7) is 2.03. The van der Waals surface area contributed by atoms with Gasteiger partial charge >= 0.3 is 0 Å². The summed E-state index contributed by atoms with van der Waals surface area (Å²) in [5.74, 6) is 1.17. The molecule has 1 aromatic carbocycles. The Morgan fingerprint density at radius 3 is 3.03 bits per heavy atom. The van der Waals surface area contributed by atoms with Crippen LogP contribution in [0.3, 0.4) is 0 Å². The summed E-state index contributed by atoms with van der Waals surface area (Å²) >= 11 is 0. The number of pyridine rings is 1. The van der Waals surface area contributed by atoms with E-state index in [2.05, 4.69) is 15.2 Å². The first kappa shape index (κ1) is 18.4. The first-order valence-electron chi connectivity index (χ1n) is 10.1. The van der Waals surface area contributed by atoms with Crippen LogP contribution in [0.5, 0.6) is 11.6 Å². The molecule has 1 N–H and O–H groups in total. The Labute approximate surface area is 169 Å². The minimum atomic E-state index is -0.271. The lowest BCUT2D eigenvalue weighted by molar-refractivity contribution is -0.121. The SMILES string of the molecule is COc1ncccc1NC(=O)[C@@H]1CN(CC2CC2)[C@H]2c3cc(F)ccc3OC[C@@H]12. The van der Waals surface area contributed by atoms with Crippen LogP contribution < -0.4 is 14.8 Å². The Morgan fingerprint density at radius 2 is 2.24 bits per heavy atom. The Hall–Kier alpha value is -2.67. The fourth-order valence-corrected chi connectivity index (χ4v) is 4.67. The summed E-state index contributed by atoms with van der Waals surface area (Å²) in [7, 11) is 1.53. The molecule has 2 fully saturated rings. The number of rotatable bonds is 5. The smallest absolute Gasteiger partial charge is 0.237 e. The van der Waals surface area contributed by atoms with Crippen LogP contribution in [-0.4, -0.2) is 42.6 Å². The van der Waals surface area contributed by atoms with E-state index in [1.54, 1.807) is 30.5 Å². The minimum Gasteiger partial charge on any atom is -0.493 e. The number of nitrogens with one attached hydrogen (secondary N) is 1. The number of halogens is 1. The normalized spacial score (nSPS) is 25.7. The molecule has 0 bridgehead atoms. The summed E-state index contributed by atoms with van der Waals surface area (Å²) < 4.78 is 25.2. The van der Waals surface area contributed by atoms with E-state index in [1.165, 1.54) is 26.0 Å². The van der Waals surface area contributed by atoms with Gasteiger partial charge in [-0.1, -0.05) is 0 Å². The fourth-order valence-electron chi connectivity index (χ4n) is 4.67. The number of aromatic nitrogens is 1. The van der Waals surface area contributed by atoms with Crippen LogP contribution in [0.2, 0.25) is 0 Å². The molecule has 0 unspecified atom stereocenters. The highest BCUT2D eigenvalue weighted by atomic mass is 19.1. The van der Waals surface area contributed by atoms with Gasteiger partial charge in [-0.3, -0.25) is 9.69 Å². The monoisotopic (exact) mass is 397 g/mol. The number of nitrogens with zero attached hydrogens (tertiary/aromatic N) is 2. The van der Waals surface area contributed by atoms with E-state index < -0.39 is 0 Å². The molecule has 1 amide bonds. The van der Waals surface area contributed by atoms with E-state index in [0.717, 1.165) is 17.9 Å². The van der Waals surface area contributed by atoms with Gasteiger partial charge in [-0.05, 0) is 49.1 Å². The Morgan fingerprint density at radius 1 is 1.38 bits per heavy atom. The van der Waals surface area contributed by atoms with Crippen LogP contribution in [0.25, 0.3) is 0 Å². The zero-order valence-corrected chi connectivity index (χ0v) is 16.3. The number of ether oxygens (including phenoxy) is 2. The zero-order chi connectivity index (χ0) is 20.0. The maximum absolute atomic E-state index is 14.0. The molecule has 5 rings (SSSR count). The second-order valence-corrected chi connectivity index (χ2v) is 8.16. The van der Waals surface area contributed by atoms with Crippen LogP contribution >= 0.6 is 0 Å². The van der Waals surface area contributed by atoms with Gasteiger partial charge in [0.25, 0.3) is 0 Å². The molecule has 1 saturated heterocycles. The number of hydrogen-bond donors (Lipinski definition) is 1. The van der Waals surface area contributed by atoms with Crippen LogP contribution in [-0.2, 0) is 4.79 Å². The number of benzene rings is 1. The third-order valence-corrected chi connectivity index (χ3v) is 6.22. The molecule has 29 heavy (non-hydrogen) atoms. The first-order chi connectivity index (χ1) is 14.1. The predicted molar refractivity (Wildman–Crippen MR) is 105 cm³/mol. The molecule has 2 aliphatic heterocycles. The van der Waals surface area contributed by atoms with E-state index in [-0.39, 0.29) is 29.6 Å². The molecule has 152 valence electrons. The average Bonchev–Trinajstić information content (AvgIpc) is 3.47. The van der Waals surface area contributed by atoms with Crippen LogP contribution in [0.15, 0.2) is 36.5 Å². The van der Waals surface area contributed by atoms with E-state index in [0.29, 0.717) is 30.6 Å². The number of amides is 1. The van der Waals surface area contributed by atoms with Crippen molar-refractivity contribution in [1.82, 2.24) is 9.88 Å². The molecule has 0 spiro atoms. The number of carbonyl (C=O) groups is 1. The van der Waals surface area contributed by atoms with Gasteiger partial charge < -0.3 is 14.8 Å². The first-order valence-corrected chi connectivity index (χ1v) is 10.1. The van der Waals surface area contributed by atoms with Gasteiger partial charge in [0.1, 0.15) is 17.3 Å². The lowest BCUT2D eigenvalue weighted by Gasteiger charge is -2.34. The van der Waals surface area contributed by atoms with E-state index in [9.17, 15) is 9.18 Å². The highest BCUT2D eigenvalue weighted by Gasteiger charge is 2.50. The molecule has 1 aromatic heterocycles. The molecular weight excluding hydrogens is 373 g/mol. The van der Waals surface area contributed by atoms with Crippen molar-refractivity contribution in [3.63, 3.8) is 0 Å². The number of fused-ring (bicyclic) bond motifs is 3. The number of likely N-dealkylation sites (tertiary alicyclic amines) is 1. The number of hydrogen-bond acceptors (Lipinski definition) is 5. The quantitative estimate of drug-likeness (QED) is 0.839. The third kappa shape index (κ3) is 3.44. The second kappa shape index (κ2) is 7.30. The van der Waals surface area contributed by atoms with Crippen LogP contribution in [0.1, 0.15) is 24.4 Å². The predicted octanol–water partition coefficient (Wildman–Crippen LogP) is 3.26. The molecular formula is C22H24FN3O3. The Kier molecular flexibility index (Phi) is 4.62. The highest BCUT2D eigenvalue weighted by Crippen LogP contribution is 2.49. The molecule has 7 heteroatoms. The molecule has 0 radical (unpaired) electrons. The zero-order valence-electron chi connectivity index (χ0n) is 16.3. The average molecular weight is 397 g/mol. The van der Waals surface area contributed by atoms with E-state index >= 15 is 0 Å². The number of anilines is 1. The van der Waals surface area contributed by atoms with Crippen molar-refractivity contribution in [2.75, 3.05) is 32.1 Å². The van der Waals surface area contributed by atoms with E-state index in [4.69, 9.17) is 9.47 Å². The molecule has 3 atom stereocenters. The summed E-state index contributed by atoms with van der Waals surface area (Å²) in [6, 6.07) is 8.23. The van der Waals surface area contributed by atoms with Gasteiger partial charge in [-0.2, -0.15) is 0 Å². The maximum Gasteiger partial charge on any atom is 0.237 e. The largest absolute Gasteiger partial charge is 0.493 e. The van der Waals surface area contributed by atoms with Gasteiger partial charge in [0.15, 0.2) is 0 Å². The van der Waals surface area contributed by atoms with Crippen molar-refractivity contribution in [1.29, 1.82) is 0 Å². The van der Waals surface area contributed by atoms with Crippen molar-refractivity contribution < 1.29 is 18.7 Å². The summed E-state index contributed by atoms with van der Waals surface area (Å²) in [5.41, 5.74) is 1.41. The molecule has 3 aliphatic rings. The van der Waals surface area contributed by atoms with Crippen molar-refractivity contribution in [3.05, 3.63) is 47.9 Å². The standard InChI is InChI=1S/C22H24FN3O3/c1-28-22-18(3-2-8-24-22)25-21(27)16-11-26(10-13-4-5-13)20-15-9-14(23)6-7-19(15)29-12-17(16)20/h2-3,6-9,13,16-17,20H,4-5,10-12H2,1H3,(H,25,27)/t16-,17+,20+/m1/s1. The Balaban J connectivity index is 1.43. The lowest BCUT2D eigenvalue weighted by Crippen LogP contribution is -2.35. The molecule has 6 nitrogen and oxygen atoms in total. The molecule has 1 saturated carbocycles. The van der Waals surface area contributed by atoms with Gasteiger partial charge in [0.05, 0.1) is 19.6 Å². The molecule has 2 aromatic rings. The summed E-state index contributed by atoms with van der Waals surface area (Å²) in [5, 5.41) is 2.98. The number of methoxy groups -OCH3 is 1. The second-order valence-electron chi connectivity index (χ2n) is 8.16. The van der Waals surface area contributed by atoms with Crippen molar-refractivity contribution in [2.24, 2.45) is 17.8 Å². The fraction of sp³-hybridized carbons (Fsp3) is 0.455. The van der Waals surface area contributed by atoms with Crippen molar-refractivity contribution in [2.45, 2.75) is 18.9 Å². The summed E-state index contributed by atoms with van der Waals surface area (Å²) in [4.78, 5) is 19.7. The number of carbonyl (C=O) groups excluding carboxylic acids is 1. The van der Waals surface area contributed by atoms with Crippen molar-refractivity contribution in [3.8, 4) is 11.6 Å². The maximum atomic E-state index is 14.0. The third-order valence-electron chi connectivity index (χ3n) is 6.22. The van der Waals surface area contributed by atoms with Gasteiger partial charge in [-0.25, -0.2) is 9.37 Å². The highest BCUT2D eigenvalue weighted by molar-refractivity contribution is 5.94. The Bertz CT molecular complexity index is 933. The van der Waals surface area contributed by atoms with E-state index in [1.807, 2.05) is 0 Å². The van der Waals surface area contributed by atoms with Gasteiger partial charge in [0, 0.05) is 36.8 Å². The summed E-state index contributed by atoms with van der Waals surface area (Å²) in [6.07, 6.45) is 4.08. The lowest BCUT2D eigenvalue weighted by atomic mass is 9.84. The van der Waals surface area contributed by atoms with Crippen LogP contribution in [0, 0.1) is 23.6 Å². The minimum absolute atomic E-state index is 0.00148. The molecule has 1 aliphatic carbocycles. The molecule has 3 heterocycles. The van der Waals surface area contributed by atoms with Gasteiger partial charge in [-0.15, -0.1) is 0 Å². The van der Waals surface area contributed by atoms with Crippen molar-refractivity contribution >= 4 is 11.6 Å².